The van der Waals surface area contributed by atoms with Crippen LogP contribution in [-0.2, 0) is 22.9 Å². The van der Waals surface area contributed by atoms with Crippen LogP contribution in [0.5, 0.6) is 10.9 Å². The summed E-state index contributed by atoms with van der Waals surface area (Å²) < 4.78 is 38.2. The van der Waals surface area contributed by atoms with Gasteiger partial charge in [0.05, 0.1) is 0 Å². The number of carbonyl (C=O) groups is 1. The molecule has 2 aromatic heterocycles. The van der Waals surface area contributed by atoms with Crippen molar-refractivity contribution in [1.82, 2.24) is 15.0 Å². The first-order chi connectivity index (χ1) is 15.2. The highest BCUT2D eigenvalue weighted by Gasteiger charge is 2.27. The SMILES string of the molecule is CC(C)(CCn1cc(F)c(-c2cccc(Oc3nccs3)c2)cc1=O)C(=O)NO.O=S=O. The Morgan fingerprint density at radius 3 is 2.69 bits per heavy atom. The Balaban J connectivity index is 0.00000114. The Morgan fingerprint density at radius 2 is 2.06 bits per heavy atom. The first-order valence-corrected chi connectivity index (χ1v) is 10.7. The van der Waals surface area contributed by atoms with Gasteiger partial charge in [-0.05, 0) is 24.1 Å². The predicted molar refractivity (Wildman–Crippen MR) is 116 cm³/mol. The molecule has 3 rings (SSSR count). The maximum absolute atomic E-state index is 14.7. The molecule has 2 N–H and O–H groups in total. The molecule has 0 unspecified atom stereocenters. The average Bonchev–Trinajstić information content (AvgIpc) is 3.27. The van der Waals surface area contributed by atoms with Crippen molar-refractivity contribution in [2.24, 2.45) is 5.41 Å². The number of hydrogen-bond acceptors (Lipinski definition) is 8. The summed E-state index contributed by atoms with van der Waals surface area (Å²) in [6, 6.07) is 7.97. The summed E-state index contributed by atoms with van der Waals surface area (Å²) in [6.45, 7) is 3.38. The van der Waals surface area contributed by atoms with E-state index in [0.29, 0.717) is 16.5 Å². The first-order valence-electron chi connectivity index (χ1n) is 9.16. The van der Waals surface area contributed by atoms with Gasteiger partial charge < -0.3 is 9.30 Å². The average molecular weight is 482 g/mol. The van der Waals surface area contributed by atoms with Crippen molar-refractivity contribution >= 4 is 28.8 Å². The Morgan fingerprint density at radius 1 is 1.34 bits per heavy atom. The Kier molecular flexibility index (Phi) is 8.93. The van der Waals surface area contributed by atoms with Crippen LogP contribution in [0.1, 0.15) is 20.3 Å². The number of pyridine rings is 1. The quantitative estimate of drug-likeness (QED) is 0.392. The number of rotatable bonds is 7. The number of ether oxygens (including phenoxy) is 1. The van der Waals surface area contributed by atoms with Crippen molar-refractivity contribution in [2.45, 2.75) is 26.8 Å². The Labute approximate surface area is 190 Å². The third kappa shape index (κ3) is 6.64. The van der Waals surface area contributed by atoms with Gasteiger partial charge in [0.25, 0.3) is 10.8 Å². The third-order valence-electron chi connectivity index (χ3n) is 4.53. The molecule has 0 radical (unpaired) electrons. The first kappa shape index (κ1) is 25.0. The molecule has 3 aromatic rings. The second-order valence-corrected chi connectivity index (χ2v) is 8.13. The number of amides is 1. The van der Waals surface area contributed by atoms with Gasteiger partial charge in [-0.15, -0.1) is 0 Å². The van der Waals surface area contributed by atoms with Gasteiger partial charge in [-0.1, -0.05) is 37.3 Å². The highest BCUT2D eigenvalue weighted by atomic mass is 32.1. The molecule has 1 aromatic carbocycles. The number of benzene rings is 1. The third-order valence-corrected chi connectivity index (χ3v) is 5.18. The number of halogens is 1. The number of hydroxylamine groups is 1. The van der Waals surface area contributed by atoms with Crippen molar-refractivity contribution in [1.29, 1.82) is 0 Å². The zero-order valence-corrected chi connectivity index (χ0v) is 18.7. The lowest BCUT2D eigenvalue weighted by Crippen LogP contribution is -2.36. The fourth-order valence-corrected chi connectivity index (χ4v) is 3.20. The minimum Gasteiger partial charge on any atom is -0.431 e. The van der Waals surface area contributed by atoms with Crippen LogP contribution in [0.4, 0.5) is 4.39 Å². The minimum absolute atomic E-state index is 0.129. The lowest BCUT2D eigenvalue weighted by molar-refractivity contribution is -0.138. The fourth-order valence-electron chi connectivity index (χ4n) is 2.69. The van der Waals surface area contributed by atoms with Gasteiger partial charge in [-0.3, -0.25) is 14.8 Å². The molecule has 0 aliphatic carbocycles. The number of thiazole rings is 1. The summed E-state index contributed by atoms with van der Waals surface area (Å²) in [7, 11) is 0. The van der Waals surface area contributed by atoms with Gasteiger partial charge in [0, 0.05) is 41.4 Å². The van der Waals surface area contributed by atoms with E-state index in [1.165, 1.54) is 22.0 Å². The molecule has 0 spiro atoms. The zero-order chi connectivity index (χ0) is 23.7. The van der Waals surface area contributed by atoms with Gasteiger partial charge in [0.1, 0.15) is 11.6 Å². The zero-order valence-electron chi connectivity index (χ0n) is 17.1. The highest BCUT2D eigenvalue weighted by molar-refractivity contribution is 7.51. The molecule has 0 saturated heterocycles. The molecule has 2 heterocycles. The largest absolute Gasteiger partial charge is 0.431 e. The molecule has 32 heavy (non-hydrogen) atoms. The fraction of sp³-hybridized carbons (Fsp3) is 0.250. The number of aromatic nitrogens is 2. The van der Waals surface area contributed by atoms with E-state index in [2.05, 4.69) is 4.98 Å². The van der Waals surface area contributed by atoms with E-state index >= 15 is 0 Å². The van der Waals surface area contributed by atoms with Gasteiger partial charge in [-0.2, -0.15) is 8.42 Å². The maximum atomic E-state index is 14.7. The molecule has 0 saturated carbocycles. The van der Waals surface area contributed by atoms with E-state index in [9.17, 15) is 14.0 Å². The van der Waals surface area contributed by atoms with Crippen molar-refractivity contribution in [3.63, 3.8) is 0 Å². The molecule has 0 fully saturated rings. The van der Waals surface area contributed by atoms with E-state index in [1.54, 1.807) is 55.2 Å². The molecule has 0 atom stereocenters. The van der Waals surface area contributed by atoms with Crippen LogP contribution in [0.25, 0.3) is 11.1 Å². The molecule has 0 aliphatic rings. The summed E-state index contributed by atoms with van der Waals surface area (Å²) in [4.78, 5) is 28.2. The van der Waals surface area contributed by atoms with Crippen LogP contribution in [0.3, 0.4) is 0 Å². The summed E-state index contributed by atoms with van der Waals surface area (Å²) in [5.74, 6) is -0.655. The lowest BCUT2D eigenvalue weighted by atomic mass is 9.88. The number of carbonyl (C=O) groups excluding carboxylic acids is 1. The molecule has 1 amide bonds. The van der Waals surface area contributed by atoms with Crippen LogP contribution < -0.4 is 15.8 Å². The van der Waals surface area contributed by atoms with Gasteiger partial charge in [0.2, 0.25) is 5.91 Å². The van der Waals surface area contributed by atoms with Crippen LogP contribution in [-0.4, -0.2) is 29.1 Å². The van der Waals surface area contributed by atoms with Gasteiger partial charge in [0.15, 0.2) is 0 Å². The molecule has 170 valence electrons. The van der Waals surface area contributed by atoms with Crippen LogP contribution >= 0.6 is 11.3 Å². The molecule has 12 heteroatoms. The van der Waals surface area contributed by atoms with Crippen LogP contribution in [0.2, 0.25) is 0 Å². The normalized spacial score (nSPS) is 10.6. The summed E-state index contributed by atoms with van der Waals surface area (Å²) in [6.07, 6.45) is 2.99. The highest BCUT2D eigenvalue weighted by Crippen LogP contribution is 2.29. The van der Waals surface area contributed by atoms with Crippen molar-refractivity contribution in [3.8, 4) is 22.1 Å². The number of nitrogens with one attached hydrogen (secondary N) is 1. The summed E-state index contributed by atoms with van der Waals surface area (Å²) >= 11 is 0.583. The van der Waals surface area contributed by atoms with Crippen LogP contribution in [0, 0.1) is 11.2 Å². The van der Waals surface area contributed by atoms with Gasteiger partial charge in [-0.25, -0.2) is 14.9 Å². The topological polar surface area (TPSA) is 128 Å². The van der Waals surface area contributed by atoms with E-state index < -0.39 is 34.3 Å². The number of hydrogen-bond donors (Lipinski definition) is 2. The molecule has 0 aliphatic heterocycles. The standard InChI is InChI=1S/C20H20FN3O4S.O2S/c1-20(2,18(26)23-27)6-8-24-12-16(21)15(11-17(24)25)13-4-3-5-14(10-13)28-19-22-7-9-29-19;1-3-2/h3-5,7,9-12,27H,6,8H2,1-2H3,(H,23,26);. The lowest BCUT2D eigenvalue weighted by Gasteiger charge is -2.22. The van der Waals surface area contributed by atoms with E-state index in [1.807, 2.05) is 0 Å². The van der Waals surface area contributed by atoms with Crippen molar-refractivity contribution < 1.29 is 27.5 Å². The van der Waals surface area contributed by atoms with E-state index in [4.69, 9.17) is 18.4 Å². The Bertz CT molecular complexity index is 1160. The second-order valence-electron chi connectivity index (χ2n) is 7.14. The minimum atomic E-state index is -0.912. The predicted octanol–water partition coefficient (Wildman–Crippen LogP) is 3.15. The van der Waals surface area contributed by atoms with Crippen molar-refractivity contribution in [3.05, 3.63) is 64.3 Å². The van der Waals surface area contributed by atoms with E-state index in [0.717, 1.165) is 6.20 Å². The molecular weight excluding hydrogens is 461 g/mol. The smallest absolute Gasteiger partial charge is 0.335 e. The van der Waals surface area contributed by atoms with Crippen LogP contribution in [0.15, 0.2) is 52.9 Å². The van der Waals surface area contributed by atoms with E-state index in [-0.39, 0.29) is 18.5 Å². The number of nitrogens with zero attached hydrogens (tertiary/aromatic N) is 2. The summed E-state index contributed by atoms with van der Waals surface area (Å²) in [5.41, 5.74) is 0.952. The maximum Gasteiger partial charge on any atom is 0.335 e. The van der Waals surface area contributed by atoms with Gasteiger partial charge >= 0.3 is 11.6 Å². The molecule has 0 bridgehead atoms. The monoisotopic (exact) mass is 481 g/mol. The molecular formula is C20H20FN3O6S2. The Hall–Kier alpha value is -3.22. The molecule has 9 nitrogen and oxygen atoms in total. The number of aryl methyl sites for hydroxylation is 1. The van der Waals surface area contributed by atoms with Crippen molar-refractivity contribution in [2.75, 3.05) is 0 Å². The second kappa shape index (κ2) is 11.4. The summed E-state index contributed by atoms with van der Waals surface area (Å²) in [5, 5.41) is 11.0.